The molecule has 0 spiro atoms. The predicted octanol–water partition coefficient (Wildman–Crippen LogP) is 5.28. The van der Waals surface area contributed by atoms with E-state index in [2.05, 4.69) is 15.0 Å². The molecule has 9 nitrogen and oxygen atoms in total. The number of halogens is 3. The average Bonchev–Trinajstić information content (AvgIpc) is 3.49. The fraction of sp³-hybridized carbons (Fsp3) is 0.333. The lowest BCUT2D eigenvalue weighted by atomic mass is 10.1. The summed E-state index contributed by atoms with van der Waals surface area (Å²) in [6, 6.07) is 14.9. The normalized spacial score (nSPS) is 17.1. The molecule has 1 aliphatic carbocycles. The summed E-state index contributed by atoms with van der Waals surface area (Å²) in [7, 11) is -1.89. The second kappa shape index (κ2) is 10.6. The van der Waals surface area contributed by atoms with E-state index in [4.69, 9.17) is 9.47 Å². The molecule has 0 saturated heterocycles. The third kappa shape index (κ3) is 5.54. The van der Waals surface area contributed by atoms with E-state index in [1.807, 2.05) is 0 Å². The molecule has 0 radical (unpaired) electrons. The maximum atomic E-state index is 15.5. The summed E-state index contributed by atoms with van der Waals surface area (Å²) in [6.45, 7) is 1.69. The lowest BCUT2D eigenvalue weighted by Gasteiger charge is -2.19. The van der Waals surface area contributed by atoms with E-state index in [1.165, 1.54) is 25.3 Å². The van der Waals surface area contributed by atoms with Crippen LogP contribution in [-0.4, -0.2) is 49.6 Å². The number of alkyl halides is 3. The molecular formula is C30H28F3N3O6S. The molecule has 1 saturated carbocycles. The van der Waals surface area contributed by atoms with Crippen LogP contribution in [0.25, 0.3) is 11.0 Å². The highest BCUT2D eigenvalue weighted by atomic mass is 32.2. The fourth-order valence-electron chi connectivity index (χ4n) is 5.13. The second-order valence-electron chi connectivity index (χ2n) is 10.6. The summed E-state index contributed by atoms with van der Waals surface area (Å²) in [5, 5.41) is 2.90. The van der Waals surface area contributed by atoms with E-state index < -0.39 is 33.7 Å². The third-order valence-corrected chi connectivity index (χ3v) is 9.35. The highest BCUT2D eigenvalue weighted by molar-refractivity contribution is 7.91. The van der Waals surface area contributed by atoms with Crippen molar-refractivity contribution in [3.05, 3.63) is 83.2 Å². The molecular weight excluding hydrogens is 587 g/mol. The molecule has 13 heteroatoms. The van der Waals surface area contributed by atoms with E-state index in [9.17, 15) is 22.0 Å². The van der Waals surface area contributed by atoms with E-state index in [0.717, 1.165) is 0 Å². The lowest BCUT2D eigenvalue weighted by Crippen LogP contribution is -2.31. The number of hydrogen-bond acceptors (Lipinski definition) is 7. The van der Waals surface area contributed by atoms with E-state index in [-0.39, 0.29) is 59.5 Å². The Morgan fingerprint density at radius 2 is 1.84 bits per heavy atom. The Labute approximate surface area is 245 Å². The van der Waals surface area contributed by atoms with Crippen molar-refractivity contribution in [2.45, 2.75) is 49.2 Å². The zero-order chi connectivity index (χ0) is 30.6. The molecule has 2 aliphatic rings. The van der Waals surface area contributed by atoms with Crippen LogP contribution in [0.1, 0.15) is 53.1 Å². The number of fused-ring (bicyclic) bond motifs is 2. The smallest absolute Gasteiger partial charge is 0.395 e. The quantitative estimate of drug-likeness (QED) is 0.259. The number of nitrogens with one attached hydrogen (secondary N) is 1. The minimum Gasteiger partial charge on any atom is -0.395 e. The molecule has 1 aromatic heterocycles. The van der Waals surface area contributed by atoms with Gasteiger partial charge in [0, 0.05) is 18.2 Å². The van der Waals surface area contributed by atoms with Gasteiger partial charge in [-0.15, -0.1) is 8.78 Å². The molecule has 1 unspecified atom stereocenters. The SMILES string of the molecule is CCS(=O)(=O)c1ccc(C(COC)NC(=O)c2ccc3c(c2)nc(C2(F)CC2)n3Cc2cccc3c2OC(F)(F)O3)cc1. The fourth-order valence-corrected chi connectivity index (χ4v) is 6.01. The van der Waals surface area contributed by atoms with Gasteiger partial charge in [-0.25, -0.2) is 17.8 Å². The van der Waals surface area contributed by atoms with Gasteiger partial charge in [-0.2, -0.15) is 0 Å². The van der Waals surface area contributed by atoms with Gasteiger partial charge >= 0.3 is 6.29 Å². The van der Waals surface area contributed by atoms with Crippen LogP contribution in [0.4, 0.5) is 13.2 Å². The van der Waals surface area contributed by atoms with E-state index >= 15 is 4.39 Å². The van der Waals surface area contributed by atoms with Gasteiger partial charge in [0.1, 0.15) is 5.82 Å². The number of imidazole rings is 1. The molecule has 4 aromatic rings. The Hall–Kier alpha value is -4.10. The Bertz CT molecular complexity index is 1820. The highest BCUT2D eigenvalue weighted by Crippen LogP contribution is 2.50. The molecule has 1 fully saturated rings. The summed E-state index contributed by atoms with van der Waals surface area (Å²) in [5.74, 6) is -0.562. The number of para-hydroxylation sites is 1. The van der Waals surface area contributed by atoms with E-state index in [0.29, 0.717) is 22.2 Å². The van der Waals surface area contributed by atoms with Crippen LogP contribution in [0.2, 0.25) is 0 Å². The van der Waals surface area contributed by atoms with Crippen molar-refractivity contribution >= 4 is 26.8 Å². The average molecular weight is 616 g/mol. The number of benzene rings is 3. The largest absolute Gasteiger partial charge is 0.586 e. The molecule has 43 heavy (non-hydrogen) atoms. The minimum absolute atomic E-state index is 0.00861. The van der Waals surface area contributed by atoms with Crippen LogP contribution >= 0.6 is 0 Å². The maximum Gasteiger partial charge on any atom is 0.586 e. The number of hydrogen-bond donors (Lipinski definition) is 1. The monoisotopic (exact) mass is 615 g/mol. The third-order valence-electron chi connectivity index (χ3n) is 7.60. The van der Waals surface area contributed by atoms with Crippen LogP contribution in [0.5, 0.6) is 11.5 Å². The number of rotatable bonds is 10. The van der Waals surface area contributed by atoms with Gasteiger partial charge in [-0.1, -0.05) is 31.2 Å². The molecule has 1 amide bonds. The number of nitrogens with zero attached hydrogens (tertiary/aromatic N) is 2. The lowest BCUT2D eigenvalue weighted by molar-refractivity contribution is -0.287. The molecule has 2 heterocycles. The van der Waals surface area contributed by atoms with Crippen molar-refractivity contribution in [2.24, 2.45) is 0 Å². The van der Waals surface area contributed by atoms with Crippen molar-refractivity contribution in [3.63, 3.8) is 0 Å². The van der Waals surface area contributed by atoms with E-state index in [1.54, 1.807) is 54.0 Å². The topological polar surface area (TPSA) is 109 Å². The van der Waals surface area contributed by atoms with Crippen LogP contribution in [0.3, 0.4) is 0 Å². The Balaban J connectivity index is 1.29. The zero-order valence-corrected chi connectivity index (χ0v) is 24.1. The Kier molecular flexibility index (Phi) is 7.12. The molecule has 0 bridgehead atoms. The number of methoxy groups -OCH3 is 1. The van der Waals surface area contributed by atoms with Crippen molar-refractivity contribution in [1.29, 1.82) is 0 Å². The Morgan fingerprint density at radius 3 is 2.51 bits per heavy atom. The van der Waals surface area contributed by atoms with Crippen molar-refractivity contribution in [3.8, 4) is 11.5 Å². The van der Waals surface area contributed by atoms with Crippen LogP contribution < -0.4 is 14.8 Å². The minimum atomic E-state index is -3.80. The molecule has 1 aliphatic heterocycles. The van der Waals surface area contributed by atoms with Crippen molar-refractivity contribution in [2.75, 3.05) is 19.5 Å². The highest BCUT2D eigenvalue weighted by Gasteiger charge is 2.50. The summed E-state index contributed by atoms with van der Waals surface area (Å²) >= 11 is 0. The van der Waals surface area contributed by atoms with Crippen LogP contribution in [0, 0.1) is 0 Å². The number of sulfone groups is 1. The molecule has 1 N–H and O–H groups in total. The van der Waals surface area contributed by atoms with Gasteiger partial charge < -0.3 is 24.1 Å². The van der Waals surface area contributed by atoms with Crippen molar-refractivity contribution < 1.29 is 40.6 Å². The van der Waals surface area contributed by atoms with Gasteiger partial charge in [-0.05, 0) is 54.8 Å². The molecule has 226 valence electrons. The van der Waals surface area contributed by atoms with Crippen molar-refractivity contribution in [1.82, 2.24) is 14.9 Å². The number of carbonyl (C=O) groups excluding carboxylic acids is 1. The molecule has 1 atom stereocenters. The van der Waals surface area contributed by atoms with Crippen LogP contribution in [-0.2, 0) is 26.8 Å². The predicted molar refractivity (Wildman–Crippen MR) is 150 cm³/mol. The van der Waals surface area contributed by atoms with Gasteiger partial charge in [0.25, 0.3) is 5.91 Å². The Morgan fingerprint density at radius 1 is 1.09 bits per heavy atom. The summed E-state index contributed by atoms with van der Waals surface area (Å²) in [5.41, 5.74) is 0.482. The van der Waals surface area contributed by atoms with Gasteiger partial charge in [-0.3, -0.25) is 4.79 Å². The molecule has 3 aromatic carbocycles. The number of amides is 1. The summed E-state index contributed by atoms with van der Waals surface area (Å²) in [4.78, 5) is 18.0. The first-order valence-electron chi connectivity index (χ1n) is 13.6. The number of carbonyl (C=O) groups is 1. The van der Waals surface area contributed by atoms with Crippen LogP contribution in [0.15, 0.2) is 65.6 Å². The summed E-state index contributed by atoms with van der Waals surface area (Å²) in [6.07, 6.45) is -3.26. The van der Waals surface area contributed by atoms with Gasteiger partial charge in [0.05, 0.1) is 40.9 Å². The second-order valence-corrected chi connectivity index (χ2v) is 12.8. The number of ether oxygens (including phenoxy) is 3. The first-order valence-corrected chi connectivity index (χ1v) is 15.3. The zero-order valence-electron chi connectivity index (χ0n) is 23.3. The van der Waals surface area contributed by atoms with Gasteiger partial charge in [0.15, 0.2) is 27.0 Å². The summed E-state index contributed by atoms with van der Waals surface area (Å²) < 4.78 is 83.6. The first-order chi connectivity index (χ1) is 20.4. The van der Waals surface area contributed by atoms with Gasteiger partial charge in [0.2, 0.25) is 0 Å². The first kappa shape index (κ1) is 29.0. The number of aromatic nitrogens is 2. The standard InChI is InChI=1S/C30H28F3N3O6S/c1-3-43(38,39)21-10-7-18(8-11-21)23(17-40-2)34-27(37)19-9-12-24-22(15-19)35-28(29(31)13-14-29)36(24)16-20-5-4-6-25-26(20)42-30(32,33)41-25/h4-12,15,23H,3,13-14,16-17H2,1-2H3,(H,34,37). The molecule has 6 rings (SSSR count). The maximum absolute atomic E-state index is 15.5.